The van der Waals surface area contributed by atoms with Crippen molar-refractivity contribution in [3.63, 3.8) is 0 Å². The Kier molecular flexibility index (Phi) is 5.84. The number of likely N-dealkylation sites (N-methyl/N-ethyl adjacent to an activating group) is 1. The number of aromatic nitrogens is 3. The van der Waals surface area contributed by atoms with Gasteiger partial charge in [0.1, 0.15) is 12.7 Å². The maximum atomic E-state index is 13.0. The minimum absolute atomic E-state index is 0.0491. The summed E-state index contributed by atoms with van der Waals surface area (Å²) in [5.41, 5.74) is 0. The van der Waals surface area contributed by atoms with Crippen LogP contribution in [0.5, 0.6) is 0 Å². The van der Waals surface area contributed by atoms with Crippen LogP contribution >= 0.6 is 0 Å². The van der Waals surface area contributed by atoms with Crippen LogP contribution in [0.1, 0.15) is 33.1 Å². The molecule has 0 unspecified atom stereocenters. The first kappa shape index (κ1) is 17.4. The molecule has 2 aliphatic heterocycles. The van der Waals surface area contributed by atoms with E-state index in [9.17, 15) is 4.79 Å². The van der Waals surface area contributed by atoms with Crippen LogP contribution < -0.4 is 0 Å². The molecule has 0 aliphatic carbocycles. The van der Waals surface area contributed by atoms with Crippen molar-refractivity contribution in [2.24, 2.45) is 0 Å². The van der Waals surface area contributed by atoms with Gasteiger partial charge in [-0.15, -0.1) is 0 Å². The molecule has 2 saturated heterocycles. The van der Waals surface area contributed by atoms with Crippen LogP contribution in [0.2, 0.25) is 0 Å². The molecule has 2 aliphatic rings. The molecule has 0 aromatic carbocycles. The highest BCUT2D eigenvalue weighted by Crippen LogP contribution is 2.22. The van der Waals surface area contributed by atoms with Gasteiger partial charge in [-0.3, -0.25) is 14.4 Å². The number of piperidine rings is 1. The summed E-state index contributed by atoms with van der Waals surface area (Å²) in [6.07, 6.45) is 6.88. The molecular weight excluding hydrogens is 304 g/mol. The average molecular weight is 334 g/mol. The van der Waals surface area contributed by atoms with E-state index in [1.165, 1.54) is 12.8 Å². The predicted octanol–water partition coefficient (Wildman–Crippen LogP) is 0.685. The normalized spacial score (nSPS) is 24.9. The number of nitrogens with zero attached hydrogens (tertiary/aromatic N) is 6. The monoisotopic (exact) mass is 334 g/mol. The van der Waals surface area contributed by atoms with Gasteiger partial charge in [0, 0.05) is 32.2 Å². The van der Waals surface area contributed by atoms with Crippen LogP contribution in [-0.2, 0) is 11.3 Å². The lowest BCUT2D eigenvalue weighted by molar-refractivity contribution is -0.139. The fourth-order valence-electron chi connectivity index (χ4n) is 3.96. The summed E-state index contributed by atoms with van der Waals surface area (Å²) in [5, 5.41) is 4.23. The average Bonchev–Trinajstić information content (AvgIpc) is 3.14. The molecule has 0 N–H and O–H groups in total. The van der Waals surface area contributed by atoms with Gasteiger partial charge < -0.3 is 9.80 Å². The number of carbonyl (C=O) groups is 1. The lowest BCUT2D eigenvalue weighted by Crippen LogP contribution is -2.57. The van der Waals surface area contributed by atoms with Crippen molar-refractivity contribution < 1.29 is 4.79 Å². The van der Waals surface area contributed by atoms with Gasteiger partial charge in [-0.2, -0.15) is 5.10 Å². The van der Waals surface area contributed by atoms with E-state index in [1.807, 2.05) is 4.68 Å². The molecule has 0 radical (unpaired) electrons. The van der Waals surface area contributed by atoms with E-state index in [-0.39, 0.29) is 11.9 Å². The summed E-state index contributed by atoms with van der Waals surface area (Å²) >= 11 is 0. The van der Waals surface area contributed by atoms with Crippen LogP contribution in [-0.4, -0.2) is 86.7 Å². The van der Waals surface area contributed by atoms with Gasteiger partial charge in [-0.1, -0.05) is 13.3 Å². The first-order chi connectivity index (χ1) is 11.7. The Morgan fingerprint density at radius 2 is 2.00 bits per heavy atom. The van der Waals surface area contributed by atoms with Crippen LogP contribution in [0.25, 0.3) is 0 Å². The van der Waals surface area contributed by atoms with Crippen LogP contribution in [0.15, 0.2) is 12.7 Å². The second-order valence-electron chi connectivity index (χ2n) is 6.94. The Balaban J connectivity index is 1.60. The lowest BCUT2D eigenvalue weighted by atomic mass is 9.99. The van der Waals surface area contributed by atoms with Crippen LogP contribution in [0, 0.1) is 0 Å². The third-order valence-electron chi connectivity index (χ3n) is 5.52. The van der Waals surface area contributed by atoms with Gasteiger partial charge in [-0.25, -0.2) is 4.98 Å². The topological polar surface area (TPSA) is 57.5 Å². The van der Waals surface area contributed by atoms with Crippen molar-refractivity contribution in [3.8, 4) is 0 Å². The number of carbonyl (C=O) groups excluding carboxylic acids is 1. The summed E-state index contributed by atoms with van der Waals surface area (Å²) in [6.45, 7) is 10.9. The molecule has 134 valence electrons. The summed E-state index contributed by atoms with van der Waals surface area (Å²) in [5.74, 6) is 0.288. The van der Waals surface area contributed by atoms with Crippen molar-refractivity contribution in [1.82, 2.24) is 29.5 Å². The summed E-state index contributed by atoms with van der Waals surface area (Å²) in [4.78, 5) is 23.9. The standard InChI is InChI=1S/C17H30N6O/c1-3-20-8-10-21(11-9-20)17(24)15(2)23-7-5-4-6-16(23)12-22-14-18-13-19-22/h13-16H,3-12H2,1-2H3/t15-,16-/m0/s1. The second kappa shape index (κ2) is 8.07. The van der Waals surface area contributed by atoms with Crippen molar-refractivity contribution in [2.75, 3.05) is 39.3 Å². The van der Waals surface area contributed by atoms with Gasteiger partial charge in [0.05, 0.1) is 12.6 Å². The molecule has 3 heterocycles. The molecule has 2 fully saturated rings. The molecule has 3 rings (SSSR count). The van der Waals surface area contributed by atoms with Crippen molar-refractivity contribution in [2.45, 2.75) is 51.7 Å². The number of rotatable bonds is 5. The fourth-order valence-corrected chi connectivity index (χ4v) is 3.96. The Morgan fingerprint density at radius 1 is 1.21 bits per heavy atom. The Labute approximate surface area is 144 Å². The summed E-state index contributed by atoms with van der Waals surface area (Å²) in [6, 6.07) is 0.323. The van der Waals surface area contributed by atoms with Gasteiger partial charge in [0.15, 0.2) is 0 Å². The van der Waals surface area contributed by atoms with E-state index in [0.717, 1.165) is 52.2 Å². The SMILES string of the molecule is CCN1CCN(C(=O)[C@H](C)N2CCCC[C@H]2Cn2cncn2)CC1. The molecular formula is C17H30N6O. The minimum atomic E-state index is -0.0491. The van der Waals surface area contributed by atoms with Crippen LogP contribution in [0.3, 0.4) is 0 Å². The van der Waals surface area contributed by atoms with E-state index >= 15 is 0 Å². The first-order valence-corrected chi connectivity index (χ1v) is 9.28. The Bertz CT molecular complexity index is 511. The van der Waals surface area contributed by atoms with E-state index in [0.29, 0.717) is 6.04 Å². The van der Waals surface area contributed by atoms with Crippen molar-refractivity contribution in [1.29, 1.82) is 0 Å². The highest BCUT2D eigenvalue weighted by Gasteiger charge is 2.33. The van der Waals surface area contributed by atoms with Crippen LogP contribution in [0.4, 0.5) is 0 Å². The van der Waals surface area contributed by atoms with Gasteiger partial charge in [0.2, 0.25) is 5.91 Å². The molecule has 0 saturated carbocycles. The van der Waals surface area contributed by atoms with Crippen molar-refractivity contribution in [3.05, 3.63) is 12.7 Å². The number of hydrogen-bond donors (Lipinski definition) is 0. The molecule has 1 aromatic heterocycles. The maximum Gasteiger partial charge on any atom is 0.239 e. The van der Waals surface area contributed by atoms with E-state index < -0.39 is 0 Å². The molecule has 0 spiro atoms. The molecule has 24 heavy (non-hydrogen) atoms. The third kappa shape index (κ3) is 3.95. The molecule has 7 nitrogen and oxygen atoms in total. The Morgan fingerprint density at radius 3 is 2.67 bits per heavy atom. The number of amides is 1. The summed E-state index contributed by atoms with van der Waals surface area (Å²) < 4.78 is 1.89. The molecule has 0 bridgehead atoms. The quantitative estimate of drug-likeness (QED) is 0.793. The number of hydrogen-bond acceptors (Lipinski definition) is 5. The molecule has 2 atom stereocenters. The van der Waals surface area contributed by atoms with Gasteiger partial charge in [0.25, 0.3) is 0 Å². The van der Waals surface area contributed by atoms with E-state index in [1.54, 1.807) is 12.7 Å². The molecule has 1 amide bonds. The largest absolute Gasteiger partial charge is 0.339 e. The number of likely N-dealkylation sites (tertiary alicyclic amines) is 1. The highest BCUT2D eigenvalue weighted by atomic mass is 16.2. The van der Waals surface area contributed by atoms with Crippen molar-refractivity contribution >= 4 is 5.91 Å². The third-order valence-corrected chi connectivity index (χ3v) is 5.52. The zero-order valence-corrected chi connectivity index (χ0v) is 15.0. The van der Waals surface area contributed by atoms with Gasteiger partial charge >= 0.3 is 0 Å². The highest BCUT2D eigenvalue weighted by molar-refractivity contribution is 5.81. The minimum Gasteiger partial charge on any atom is -0.339 e. The predicted molar refractivity (Wildman–Crippen MR) is 92.5 cm³/mol. The zero-order valence-electron chi connectivity index (χ0n) is 15.0. The fraction of sp³-hybridized carbons (Fsp3) is 0.824. The van der Waals surface area contributed by atoms with E-state index in [4.69, 9.17) is 0 Å². The first-order valence-electron chi connectivity index (χ1n) is 9.28. The number of piperazine rings is 1. The Hall–Kier alpha value is -1.47. The maximum absolute atomic E-state index is 13.0. The van der Waals surface area contributed by atoms with Gasteiger partial charge in [-0.05, 0) is 32.9 Å². The zero-order chi connectivity index (χ0) is 16.9. The van der Waals surface area contributed by atoms with E-state index in [2.05, 4.69) is 38.6 Å². The smallest absolute Gasteiger partial charge is 0.239 e. The molecule has 1 aromatic rings. The summed E-state index contributed by atoms with van der Waals surface area (Å²) in [7, 11) is 0. The second-order valence-corrected chi connectivity index (χ2v) is 6.94. The lowest BCUT2D eigenvalue weighted by Gasteiger charge is -2.42. The molecule has 7 heteroatoms.